The molecule has 0 N–H and O–H groups in total. The van der Waals surface area contributed by atoms with Crippen LogP contribution in [-0.2, 0) is 12.4 Å². The van der Waals surface area contributed by atoms with Crippen molar-refractivity contribution in [2.75, 3.05) is 0 Å². The van der Waals surface area contributed by atoms with Gasteiger partial charge in [-0.25, -0.2) is 15.0 Å². The van der Waals surface area contributed by atoms with Gasteiger partial charge in [-0.05, 0) is 89.7 Å². The summed E-state index contributed by atoms with van der Waals surface area (Å²) in [5.41, 5.74) is 6.78. The Hall–Kier alpha value is -7.85. The highest BCUT2D eigenvalue weighted by molar-refractivity contribution is 6.11. The van der Waals surface area contributed by atoms with Crippen molar-refractivity contribution in [1.82, 2.24) is 19.5 Å². The van der Waals surface area contributed by atoms with E-state index in [9.17, 15) is 26.3 Å². The molecular weight excluding hydrogens is 831 g/mol. The standard InChI is InChI=1S/C55H36F6N4/c1-33-13-17-35(18-14-33)39-21-24-46-47-25-22-40(36-19-15-34(2)16-20-36)30-50(47)65(49(46)29-39)44-23-26-45(41-27-42(54(56,57)58)31-43(28-41)55(59,60)61)48(32-44)53-63-51(37-9-5-3-6-10-37)62-52(64-53)38-11-7-4-8-12-38/h3-32H,1-2H3. The lowest BCUT2D eigenvalue weighted by Crippen LogP contribution is -2.11. The Kier molecular flexibility index (Phi) is 10.2. The molecule has 318 valence electrons. The van der Waals surface area contributed by atoms with Crippen molar-refractivity contribution in [1.29, 1.82) is 0 Å². The predicted octanol–water partition coefficient (Wildman–Crippen LogP) is 15.6. The minimum atomic E-state index is -5.07. The van der Waals surface area contributed by atoms with Crippen molar-refractivity contribution in [2.24, 2.45) is 0 Å². The highest BCUT2D eigenvalue weighted by atomic mass is 19.4. The van der Waals surface area contributed by atoms with Crippen LogP contribution in [0.2, 0.25) is 0 Å². The molecule has 10 rings (SSSR count). The average Bonchev–Trinajstić information content (AvgIpc) is 3.64. The predicted molar refractivity (Wildman–Crippen MR) is 246 cm³/mol. The lowest BCUT2D eigenvalue weighted by atomic mass is 9.94. The summed E-state index contributed by atoms with van der Waals surface area (Å²) < 4.78 is 88.8. The summed E-state index contributed by atoms with van der Waals surface area (Å²) in [6, 6.07) is 53.9. The van der Waals surface area contributed by atoms with Gasteiger partial charge in [-0.1, -0.05) is 151 Å². The smallest absolute Gasteiger partial charge is 0.309 e. The van der Waals surface area contributed by atoms with E-state index in [0.29, 0.717) is 16.8 Å². The molecule has 0 aliphatic heterocycles. The van der Waals surface area contributed by atoms with Gasteiger partial charge in [0.25, 0.3) is 0 Å². The van der Waals surface area contributed by atoms with Crippen molar-refractivity contribution in [3.05, 3.63) is 204 Å². The second-order valence-electron chi connectivity index (χ2n) is 16.1. The van der Waals surface area contributed by atoms with Crippen LogP contribution in [0.15, 0.2) is 182 Å². The van der Waals surface area contributed by atoms with Gasteiger partial charge in [0.05, 0.1) is 22.2 Å². The van der Waals surface area contributed by atoms with E-state index < -0.39 is 23.5 Å². The number of aryl methyl sites for hydroxylation is 2. The van der Waals surface area contributed by atoms with E-state index in [-0.39, 0.29) is 40.2 Å². The molecule has 4 nitrogen and oxygen atoms in total. The molecule has 0 saturated carbocycles. The summed E-state index contributed by atoms with van der Waals surface area (Å²) in [4.78, 5) is 14.7. The molecule has 0 aliphatic carbocycles. The van der Waals surface area contributed by atoms with Gasteiger partial charge in [0, 0.05) is 33.2 Å². The molecule has 0 spiro atoms. The minimum absolute atomic E-state index is 0.0574. The van der Waals surface area contributed by atoms with Crippen LogP contribution >= 0.6 is 0 Å². The fraction of sp³-hybridized carbons (Fsp3) is 0.0727. The summed E-state index contributed by atoms with van der Waals surface area (Å²) >= 11 is 0. The number of hydrogen-bond donors (Lipinski definition) is 0. The molecule has 2 heterocycles. The first-order chi connectivity index (χ1) is 31.3. The molecule has 0 radical (unpaired) electrons. The lowest BCUT2D eigenvalue weighted by molar-refractivity contribution is -0.143. The van der Waals surface area contributed by atoms with Gasteiger partial charge in [-0.15, -0.1) is 0 Å². The zero-order valence-electron chi connectivity index (χ0n) is 34.9. The molecule has 0 unspecified atom stereocenters. The Balaban J connectivity index is 1.29. The van der Waals surface area contributed by atoms with E-state index in [0.717, 1.165) is 67.3 Å². The SMILES string of the molecule is Cc1ccc(-c2ccc3c4ccc(-c5ccc(C)cc5)cc4n(-c4ccc(-c5cc(C(F)(F)F)cc(C(F)(F)F)c5)c(-c5nc(-c6ccccc6)nc(-c6ccccc6)n5)c4)c3c2)cc1. The van der Waals surface area contributed by atoms with Gasteiger partial charge in [0.2, 0.25) is 0 Å². The Morgan fingerprint density at radius 3 is 1.23 bits per heavy atom. The molecule has 10 heteroatoms. The molecule has 0 bridgehead atoms. The summed E-state index contributed by atoms with van der Waals surface area (Å²) in [5, 5.41) is 1.89. The molecule has 8 aromatic carbocycles. The van der Waals surface area contributed by atoms with Gasteiger partial charge in [0.1, 0.15) is 0 Å². The average molecular weight is 867 g/mol. The first-order valence-corrected chi connectivity index (χ1v) is 20.8. The van der Waals surface area contributed by atoms with Gasteiger partial charge in [-0.3, -0.25) is 0 Å². The minimum Gasteiger partial charge on any atom is -0.309 e. The van der Waals surface area contributed by atoms with Gasteiger partial charge >= 0.3 is 12.4 Å². The maximum Gasteiger partial charge on any atom is 0.416 e. The number of alkyl halides is 6. The number of hydrogen-bond acceptors (Lipinski definition) is 3. The number of benzene rings is 8. The summed E-state index contributed by atoms with van der Waals surface area (Å²) in [5.74, 6) is 0.600. The van der Waals surface area contributed by atoms with E-state index in [1.54, 1.807) is 18.2 Å². The van der Waals surface area contributed by atoms with Crippen molar-refractivity contribution in [2.45, 2.75) is 26.2 Å². The van der Waals surface area contributed by atoms with Gasteiger partial charge in [0.15, 0.2) is 17.5 Å². The monoisotopic (exact) mass is 866 g/mol. The van der Waals surface area contributed by atoms with E-state index in [1.807, 2.05) is 98.8 Å². The van der Waals surface area contributed by atoms with E-state index >= 15 is 0 Å². The van der Waals surface area contributed by atoms with Gasteiger partial charge in [-0.2, -0.15) is 26.3 Å². The molecule has 0 atom stereocenters. The first-order valence-electron chi connectivity index (χ1n) is 20.8. The first kappa shape index (κ1) is 41.2. The van der Waals surface area contributed by atoms with Gasteiger partial charge < -0.3 is 4.57 Å². The van der Waals surface area contributed by atoms with Crippen LogP contribution in [-0.4, -0.2) is 19.5 Å². The van der Waals surface area contributed by atoms with E-state index in [4.69, 9.17) is 15.0 Å². The third-order valence-electron chi connectivity index (χ3n) is 11.6. The Bertz CT molecular complexity index is 3200. The normalized spacial score (nSPS) is 12.0. The molecule has 10 aromatic rings. The van der Waals surface area contributed by atoms with Crippen LogP contribution < -0.4 is 0 Å². The second-order valence-corrected chi connectivity index (χ2v) is 16.1. The summed E-state index contributed by atoms with van der Waals surface area (Å²) in [7, 11) is 0. The molecule has 0 aliphatic rings. The third kappa shape index (κ3) is 8.03. The quantitative estimate of drug-likeness (QED) is 0.150. The third-order valence-corrected chi connectivity index (χ3v) is 11.6. The highest BCUT2D eigenvalue weighted by Crippen LogP contribution is 2.43. The number of nitrogens with zero attached hydrogens (tertiary/aromatic N) is 4. The zero-order chi connectivity index (χ0) is 45.0. The van der Waals surface area contributed by atoms with Crippen LogP contribution in [0.4, 0.5) is 26.3 Å². The number of fused-ring (bicyclic) bond motifs is 3. The maximum absolute atomic E-state index is 14.4. The Labute approximate surface area is 370 Å². The van der Waals surface area contributed by atoms with Crippen LogP contribution in [0.5, 0.6) is 0 Å². The Morgan fingerprint density at radius 2 is 0.785 bits per heavy atom. The van der Waals surface area contributed by atoms with Crippen LogP contribution in [0.1, 0.15) is 22.3 Å². The lowest BCUT2D eigenvalue weighted by Gasteiger charge is -2.18. The second kappa shape index (κ2) is 16.1. The molecular formula is C55H36F6N4. The van der Waals surface area contributed by atoms with Crippen LogP contribution in [0.3, 0.4) is 0 Å². The Morgan fingerprint density at radius 1 is 0.354 bits per heavy atom. The number of rotatable bonds is 7. The fourth-order valence-electron chi connectivity index (χ4n) is 8.30. The van der Waals surface area contributed by atoms with E-state index in [2.05, 4.69) is 65.2 Å². The summed E-state index contributed by atoms with van der Waals surface area (Å²) in [6.07, 6.45) is -10.1. The summed E-state index contributed by atoms with van der Waals surface area (Å²) in [6.45, 7) is 4.05. The molecule has 2 aromatic heterocycles. The topological polar surface area (TPSA) is 43.6 Å². The number of aromatic nitrogens is 4. The van der Waals surface area contributed by atoms with E-state index in [1.165, 1.54) is 0 Å². The zero-order valence-corrected chi connectivity index (χ0v) is 34.9. The fourth-order valence-corrected chi connectivity index (χ4v) is 8.30. The molecule has 0 amide bonds. The van der Waals surface area contributed by atoms with Crippen molar-refractivity contribution >= 4 is 21.8 Å². The largest absolute Gasteiger partial charge is 0.416 e. The maximum atomic E-state index is 14.4. The molecule has 65 heavy (non-hydrogen) atoms. The molecule has 0 fully saturated rings. The van der Waals surface area contributed by atoms with Crippen molar-refractivity contribution in [3.8, 4) is 73.2 Å². The highest BCUT2D eigenvalue weighted by Gasteiger charge is 2.37. The molecule has 0 saturated heterocycles. The van der Waals surface area contributed by atoms with Crippen molar-refractivity contribution in [3.63, 3.8) is 0 Å². The van der Waals surface area contributed by atoms with Crippen molar-refractivity contribution < 1.29 is 26.3 Å². The van der Waals surface area contributed by atoms with Crippen LogP contribution in [0, 0.1) is 13.8 Å². The number of halogens is 6. The van der Waals surface area contributed by atoms with Crippen LogP contribution in [0.25, 0.3) is 95.0 Å².